The van der Waals surface area contributed by atoms with Crippen LogP contribution in [0.4, 0.5) is 4.39 Å². The summed E-state index contributed by atoms with van der Waals surface area (Å²) in [5.74, 6) is 0.466. The van der Waals surface area contributed by atoms with Crippen molar-refractivity contribution in [1.29, 1.82) is 0 Å². The molecule has 0 unspecified atom stereocenters. The highest BCUT2D eigenvalue weighted by molar-refractivity contribution is 5.88. The van der Waals surface area contributed by atoms with E-state index in [9.17, 15) is 14.0 Å². The average molecular weight is 505 g/mol. The van der Waals surface area contributed by atoms with E-state index in [2.05, 4.69) is 5.32 Å². The third kappa shape index (κ3) is 6.88. The normalized spacial score (nSPS) is 13.6. The van der Waals surface area contributed by atoms with E-state index < -0.39 is 11.9 Å². The van der Waals surface area contributed by atoms with Gasteiger partial charge in [0.2, 0.25) is 18.6 Å². The van der Waals surface area contributed by atoms with Gasteiger partial charge in [-0.25, -0.2) is 4.39 Å². The molecule has 194 valence electrons. The summed E-state index contributed by atoms with van der Waals surface area (Å²) in [4.78, 5) is 28.8. The topological polar surface area (TPSA) is 67.9 Å². The highest BCUT2D eigenvalue weighted by atomic mass is 19.1. The first kappa shape index (κ1) is 26.2. The van der Waals surface area contributed by atoms with Gasteiger partial charge in [0.15, 0.2) is 11.5 Å². The standard InChI is InChI=1S/C30H33FN2O4/c1-3-21(2)32-30(35)26(17-22-9-5-4-6-10-22)33(19-24-11-7-8-12-25(24)31)29(34)16-14-23-13-15-27-28(18-23)37-20-36-27/h4-13,15,18,21,26H,3,14,16-17,19-20H2,1-2H3,(H,32,35)/t21-,26-/m1/s1. The minimum atomic E-state index is -0.791. The highest BCUT2D eigenvalue weighted by Crippen LogP contribution is 2.33. The molecule has 2 atom stereocenters. The zero-order chi connectivity index (χ0) is 26.2. The van der Waals surface area contributed by atoms with Crippen LogP contribution in [0.3, 0.4) is 0 Å². The number of halogens is 1. The Morgan fingerprint density at radius 3 is 2.46 bits per heavy atom. The zero-order valence-electron chi connectivity index (χ0n) is 21.3. The minimum Gasteiger partial charge on any atom is -0.454 e. The van der Waals surface area contributed by atoms with Crippen molar-refractivity contribution in [2.45, 2.75) is 58.2 Å². The van der Waals surface area contributed by atoms with Crippen LogP contribution in [-0.2, 0) is 29.0 Å². The zero-order valence-corrected chi connectivity index (χ0v) is 21.3. The molecular weight excluding hydrogens is 471 g/mol. The summed E-state index contributed by atoms with van der Waals surface area (Å²) in [6.45, 7) is 4.10. The van der Waals surface area contributed by atoms with Crippen LogP contribution in [0.25, 0.3) is 0 Å². The second kappa shape index (κ2) is 12.4. The number of carbonyl (C=O) groups is 2. The van der Waals surface area contributed by atoms with Crippen LogP contribution in [0.2, 0.25) is 0 Å². The van der Waals surface area contributed by atoms with Crippen LogP contribution < -0.4 is 14.8 Å². The highest BCUT2D eigenvalue weighted by Gasteiger charge is 2.31. The van der Waals surface area contributed by atoms with E-state index in [0.717, 1.165) is 17.5 Å². The smallest absolute Gasteiger partial charge is 0.243 e. The van der Waals surface area contributed by atoms with Crippen molar-refractivity contribution < 1.29 is 23.5 Å². The third-order valence-electron chi connectivity index (χ3n) is 6.64. The number of benzene rings is 3. The van der Waals surface area contributed by atoms with E-state index in [1.54, 1.807) is 18.2 Å². The summed E-state index contributed by atoms with van der Waals surface area (Å²) >= 11 is 0. The molecule has 0 aliphatic carbocycles. The van der Waals surface area contributed by atoms with Crippen LogP contribution in [0, 0.1) is 5.82 Å². The minimum absolute atomic E-state index is 0.00191. The Morgan fingerprint density at radius 2 is 1.70 bits per heavy atom. The summed E-state index contributed by atoms with van der Waals surface area (Å²) in [5.41, 5.74) is 2.22. The number of carbonyl (C=O) groups excluding carboxylic acids is 2. The molecule has 7 heteroatoms. The number of fused-ring (bicyclic) bond motifs is 1. The summed E-state index contributed by atoms with van der Waals surface area (Å²) in [7, 11) is 0. The fourth-order valence-corrected chi connectivity index (χ4v) is 4.30. The van der Waals surface area contributed by atoms with Crippen molar-refractivity contribution in [2.24, 2.45) is 0 Å². The lowest BCUT2D eigenvalue weighted by Gasteiger charge is -2.32. The second-order valence-electron chi connectivity index (χ2n) is 9.32. The van der Waals surface area contributed by atoms with E-state index in [-0.39, 0.29) is 37.6 Å². The SMILES string of the molecule is CC[C@@H](C)NC(=O)[C@@H](Cc1ccccc1)N(Cc1ccccc1F)C(=O)CCc1ccc2c(c1)OCO2. The van der Waals surface area contributed by atoms with E-state index in [4.69, 9.17) is 9.47 Å². The Balaban J connectivity index is 1.61. The van der Waals surface area contributed by atoms with Crippen molar-refractivity contribution >= 4 is 11.8 Å². The van der Waals surface area contributed by atoms with Gasteiger partial charge in [0.25, 0.3) is 0 Å². The largest absolute Gasteiger partial charge is 0.454 e. The van der Waals surface area contributed by atoms with Gasteiger partial charge < -0.3 is 19.7 Å². The number of amides is 2. The number of hydrogen-bond acceptors (Lipinski definition) is 4. The molecular formula is C30H33FN2O4. The number of aryl methyl sites for hydroxylation is 1. The third-order valence-corrected chi connectivity index (χ3v) is 6.64. The van der Waals surface area contributed by atoms with Gasteiger partial charge >= 0.3 is 0 Å². The molecule has 0 radical (unpaired) electrons. The van der Waals surface area contributed by atoms with E-state index in [1.807, 2.05) is 62.4 Å². The molecule has 4 rings (SSSR count). The first-order valence-corrected chi connectivity index (χ1v) is 12.7. The predicted octanol–water partition coefficient (Wildman–Crippen LogP) is 5.04. The molecule has 3 aromatic rings. The number of ether oxygens (including phenoxy) is 2. The van der Waals surface area contributed by atoms with Crippen LogP contribution in [0.5, 0.6) is 11.5 Å². The first-order chi connectivity index (χ1) is 17.9. The summed E-state index contributed by atoms with van der Waals surface area (Å²) in [5, 5.41) is 3.03. The van der Waals surface area contributed by atoms with E-state index >= 15 is 0 Å². The number of rotatable bonds is 11. The number of nitrogens with one attached hydrogen (secondary N) is 1. The van der Waals surface area contributed by atoms with E-state index in [0.29, 0.717) is 29.9 Å². The second-order valence-corrected chi connectivity index (χ2v) is 9.32. The summed E-state index contributed by atoms with van der Waals surface area (Å²) < 4.78 is 25.5. The molecule has 0 saturated heterocycles. The molecule has 1 aliphatic heterocycles. The Hall–Kier alpha value is -3.87. The molecule has 2 amide bonds. The van der Waals surface area contributed by atoms with Gasteiger partial charge in [-0.2, -0.15) is 0 Å². The molecule has 37 heavy (non-hydrogen) atoms. The van der Waals surface area contributed by atoms with Gasteiger partial charge in [0.1, 0.15) is 11.9 Å². The van der Waals surface area contributed by atoms with Crippen molar-refractivity contribution in [3.05, 3.63) is 95.3 Å². The molecule has 1 aliphatic rings. The lowest BCUT2D eigenvalue weighted by molar-refractivity contribution is -0.141. The molecule has 0 aromatic heterocycles. The van der Waals surface area contributed by atoms with Crippen molar-refractivity contribution in [1.82, 2.24) is 10.2 Å². The molecule has 1 heterocycles. The summed E-state index contributed by atoms with van der Waals surface area (Å²) in [6.07, 6.45) is 1.70. The molecule has 1 N–H and O–H groups in total. The first-order valence-electron chi connectivity index (χ1n) is 12.7. The molecule has 6 nitrogen and oxygen atoms in total. The average Bonchev–Trinajstić information content (AvgIpc) is 3.38. The predicted molar refractivity (Wildman–Crippen MR) is 140 cm³/mol. The number of nitrogens with zero attached hydrogens (tertiary/aromatic N) is 1. The van der Waals surface area contributed by atoms with E-state index in [1.165, 1.54) is 11.0 Å². The van der Waals surface area contributed by atoms with Gasteiger partial charge in [0, 0.05) is 31.0 Å². The number of hydrogen-bond donors (Lipinski definition) is 1. The Kier molecular flexibility index (Phi) is 8.77. The maximum atomic E-state index is 14.7. The Morgan fingerprint density at radius 1 is 0.973 bits per heavy atom. The summed E-state index contributed by atoms with van der Waals surface area (Å²) in [6, 6.07) is 20.7. The maximum absolute atomic E-state index is 14.7. The fourth-order valence-electron chi connectivity index (χ4n) is 4.30. The van der Waals surface area contributed by atoms with Gasteiger partial charge in [-0.05, 0) is 49.1 Å². The molecule has 3 aromatic carbocycles. The maximum Gasteiger partial charge on any atom is 0.243 e. The fraction of sp³-hybridized carbons (Fsp3) is 0.333. The van der Waals surface area contributed by atoms with Gasteiger partial charge in [-0.15, -0.1) is 0 Å². The Bertz CT molecular complexity index is 1220. The van der Waals surface area contributed by atoms with Crippen molar-refractivity contribution in [3.63, 3.8) is 0 Å². The monoisotopic (exact) mass is 504 g/mol. The van der Waals surface area contributed by atoms with Crippen LogP contribution in [0.1, 0.15) is 43.4 Å². The van der Waals surface area contributed by atoms with Crippen molar-refractivity contribution in [2.75, 3.05) is 6.79 Å². The molecule has 0 bridgehead atoms. The lowest BCUT2D eigenvalue weighted by Crippen LogP contribution is -2.52. The van der Waals surface area contributed by atoms with Crippen LogP contribution in [0.15, 0.2) is 72.8 Å². The van der Waals surface area contributed by atoms with Crippen LogP contribution >= 0.6 is 0 Å². The van der Waals surface area contributed by atoms with Crippen molar-refractivity contribution in [3.8, 4) is 11.5 Å². The van der Waals surface area contributed by atoms with Crippen LogP contribution in [-0.4, -0.2) is 35.6 Å². The van der Waals surface area contributed by atoms with Gasteiger partial charge in [0.05, 0.1) is 0 Å². The van der Waals surface area contributed by atoms with Gasteiger partial charge in [-0.1, -0.05) is 61.5 Å². The Labute approximate surface area is 217 Å². The quantitative estimate of drug-likeness (QED) is 0.397. The molecule has 0 spiro atoms. The lowest BCUT2D eigenvalue weighted by atomic mass is 10.0. The molecule has 0 fully saturated rings. The molecule has 0 saturated carbocycles. The van der Waals surface area contributed by atoms with Gasteiger partial charge in [-0.3, -0.25) is 9.59 Å².